The summed E-state index contributed by atoms with van der Waals surface area (Å²) < 4.78 is 71.9. The average molecular weight is 355 g/mol. The van der Waals surface area contributed by atoms with Gasteiger partial charge in [-0.15, -0.1) is 0 Å². The lowest BCUT2D eigenvalue weighted by molar-refractivity contribution is -0.162. The van der Waals surface area contributed by atoms with E-state index in [0.717, 1.165) is 17.2 Å². The first-order chi connectivity index (χ1) is 11.1. The van der Waals surface area contributed by atoms with Crippen LogP contribution in [-0.2, 0) is 32.3 Å². The standard InChI is InChI=1S/C17H14F3O3S/c1-16(17(18,19)20,24(21,22)23)15-8-4-7-13-12-6-3-2-5-11(12)9-10-14(13)15/h2-8H,9-10H2,1H3. The molecule has 1 aliphatic carbocycles. The van der Waals surface area contributed by atoms with Crippen molar-refractivity contribution in [3.8, 4) is 11.1 Å². The van der Waals surface area contributed by atoms with E-state index in [2.05, 4.69) is 0 Å². The minimum atomic E-state index is -5.66. The van der Waals surface area contributed by atoms with Crippen molar-refractivity contribution in [3.63, 3.8) is 0 Å². The molecule has 2 aromatic carbocycles. The molecule has 127 valence electrons. The fourth-order valence-electron chi connectivity index (χ4n) is 3.25. The highest BCUT2D eigenvalue weighted by atomic mass is 32.2. The first-order valence-corrected chi connectivity index (χ1v) is 8.71. The summed E-state index contributed by atoms with van der Waals surface area (Å²) in [5.74, 6) is 0. The maximum absolute atomic E-state index is 13.6. The van der Waals surface area contributed by atoms with E-state index in [9.17, 15) is 26.1 Å². The minimum Gasteiger partial charge on any atom is -0.196 e. The Morgan fingerprint density at radius 1 is 0.917 bits per heavy atom. The fraction of sp³-hybridized carbons (Fsp3) is 0.294. The number of hydrogen-bond donors (Lipinski definition) is 0. The lowest BCUT2D eigenvalue weighted by Gasteiger charge is -2.32. The summed E-state index contributed by atoms with van der Waals surface area (Å²) in [5, 5.41) is 0. The van der Waals surface area contributed by atoms with Crippen LogP contribution in [0, 0.1) is 0 Å². The molecule has 1 aliphatic rings. The van der Waals surface area contributed by atoms with Gasteiger partial charge in [0.15, 0.2) is 0 Å². The number of hydrogen-bond acceptors (Lipinski definition) is 2. The third-order valence-corrected chi connectivity index (χ3v) is 6.13. The number of halogens is 3. The lowest BCUT2D eigenvalue weighted by atomic mass is 9.80. The van der Waals surface area contributed by atoms with E-state index in [1.165, 1.54) is 6.07 Å². The van der Waals surface area contributed by atoms with Gasteiger partial charge in [0.05, 0.1) is 0 Å². The van der Waals surface area contributed by atoms with Gasteiger partial charge in [-0.3, -0.25) is 0 Å². The topological polar surface area (TPSA) is 54.0 Å². The Balaban J connectivity index is 2.33. The Morgan fingerprint density at radius 3 is 2.17 bits per heavy atom. The average Bonchev–Trinajstić information content (AvgIpc) is 2.51. The first-order valence-electron chi connectivity index (χ1n) is 7.30. The van der Waals surface area contributed by atoms with Crippen molar-refractivity contribution in [2.24, 2.45) is 0 Å². The summed E-state index contributed by atoms with van der Waals surface area (Å²) in [6.07, 6.45) is -4.46. The highest BCUT2D eigenvalue weighted by Crippen LogP contribution is 2.48. The summed E-state index contributed by atoms with van der Waals surface area (Å²) in [5.41, 5.74) is 2.11. The Labute approximate surface area is 137 Å². The minimum absolute atomic E-state index is 0.254. The molecule has 3 nitrogen and oxygen atoms in total. The van der Waals surface area contributed by atoms with E-state index >= 15 is 0 Å². The molecule has 1 atom stereocenters. The Morgan fingerprint density at radius 2 is 1.54 bits per heavy atom. The fourth-order valence-corrected chi connectivity index (χ4v) is 3.99. The van der Waals surface area contributed by atoms with Crippen LogP contribution in [0.4, 0.5) is 13.2 Å². The first kappa shape index (κ1) is 17.0. The molecule has 1 unspecified atom stereocenters. The lowest BCUT2D eigenvalue weighted by Crippen LogP contribution is -2.46. The molecule has 0 aliphatic heterocycles. The van der Waals surface area contributed by atoms with Gasteiger partial charge in [-0.1, -0.05) is 47.0 Å². The SMILES string of the molecule is CC(c1cccc2c1CCc1ccccc1-2)(C(F)(F)F)S([O])(=O)=O. The van der Waals surface area contributed by atoms with Gasteiger partial charge in [0.1, 0.15) is 0 Å². The summed E-state index contributed by atoms with van der Waals surface area (Å²) in [6, 6.07) is 11.4. The van der Waals surface area contributed by atoms with E-state index in [0.29, 0.717) is 18.9 Å². The normalized spacial score (nSPS) is 16.9. The van der Waals surface area contributed by atoms with Gasteiger partial charge in [-0.05, 0) is 47.6 Å². The number of aryl methyl sites for hydroxylation is 1. The highest BCUT2D eigenvalue weighted by Gasteiger charge is 2.63. The zero-order chi connectivity index (χ0) is 17.8. The maximum atomic E-state index is 13.6. The molecule has 24 heavy (non-hydrogen) atoms. The van der Waals surface area contributed by atoms with E-state index in [-0.39, 0.29) is 12.0 Å². The van der Waals surface area contributed by atoms with Crippen LogP contribution in [0.3, 0.4) is 0 Å². The number of fused-ring (bicyclic) bond motifs is 3. The van der Waals surface area contributed by atoms with Crippen LogP contribution in [0.5, 0.6) is 0 Å². The van der Waals surface area contributed by atoms with Crippen LogP contribution in [0.15, 0.2) is 42.5 Å². The molecular weight excluding hydrogens is 341 g/mol. The van der Waals surface area contributed by atoms with Gasteiger partial charge in [0.25, 0.3) is 0 Å². The molecule has 1 radical (unpaired) electrons. The van der Waals surface area contributed by atoms with Crippen LogP contribution >= 0.6 is 0 Å². The van der Waals surface area contributed by atoms with Crippen molar-refractivity contribution in [2.45, 2.75) is 30.7 Å². The predicted octanol–water partition coefficient (Wildman–Crippen LogP) is 3.99. The number of rotatable bonds is 2. The van der Waals surface area contributed by atoms with Crippen LogP contribution in [-0.4, -0.2) is 14.6 Å². The Hall–Kier alpha value is -1.86. The monoisotopic (exact) mass is 355 g/mol. The third-order valence-electron chi connectivity index (χ3n) is 4.68. The van der Waals surface area contributed by atoms with E-state index in [1.807, 2.05) is 12.1 Å². The highest BCUT2D eigenvalue weighted by molar-refractivity contribution is 7.86. The van der Waals surface area contributed by atoms with Crippen molar-refractivity contribution < 1.29 is 26.1 Å². The van der Waals surface area contributed by atoms with E-state index in [4.69, 9.17) is 0 Å². The molecule has 7 heteroatoms. The largest absolute Gasteiger partial charge is 0.414 e. The van der Waals surface area contributed by atoms with E-state index in [1.54, 1.807) is 18.2 Å². The Bertz CT molecular complexity index is 904. The van der Waals surface area contributed by atoms with Crippen LogP contribution in [0.2, 0.25) is 0 Å². The maximum Gasteiger partial charge on any atom is 0.414 e. The van der Waals surface area contributed by atoms with Crippen LogP contribution in [0.1, 0.15) is 23.6 Å². The predicted molar refractivity (Wildman–Crippen MR) is 82.3 cm³/mol. The second-order valence-corrected chi connectivity index (χ2v) is 7.70. The van der Waals surface area contributed by atoms with Gasteiger partial charge >= 0.3 is 16.3 Å². The Kier molecular flexibility index (Phi) is 3.77. The molecule has 0 amide bonds. The van der Waals surface area contributed by atoms with Gasteiger partial charge in [-0.2, -0.15) is 21.6 Å². The van der Waals surface area contributed by atoms with Gasteiger partial charge in [-0.25, -0.2) is 0 Å². The smallest absolute Gasteiger partial charge is 0.196 e. The molecule has 0 saturated carbocycles. The second-order valence-electron chi connectivity index (χ2n) is 5.97. The van der Waals surface area contributed by atoms with Crippen molar-refractivity contribution in [1.29, 1.82) is 0 Å². The van der Waals surface area contributed by atoms with Crippen LogP contribution < -0.4 is 0 Å². The van der Waals surface area contributed by atoms with Gasteiger partial charge in [0.2, 0.25) is 4.75 Å². The van der Waals surface area contributed by atoms with Crippen LogP contribution in [0.25, 0.3) is 11.1 Å². The van der Waals surface area contributed by atoms with Crippen molar-refractivity contribution in [2.75, 3.05) is 0 Å². The quantitative estimate of drug-likeness (QED) is 0.818. The van der Waals surface area contributed by atoms with Gasteiger partial charge in [0, 0.05) is 0 Å². The summed E-state index contributed by atoms with van der Waals surface area (Å²) in [6.45, 7) is 0.450. The van der Waals surface area contributed by atoms with Crippen molar-refractivity contribution in [3.05, 3.63) is 59.2 Å². The molecule has 0 heterocycles. The number of alkyl halides is 3. The summed E-state index contributed by atoms with van der Waals surface area (Å²) >= 11 is 0. The molecule has 3 rings (SSSR count). The second kappa shape index (κ2) is 5.32. The number of benzene rings is 2. The third kappa shape index (κ3) is 2.34. The molecule has 0 spiro atoms. The van der Waals surface area contributed by atoms with Crippen molar-refractivity contribution >= 4 is 10.1 Å². The van der Waals surface area contributed by atoms with E-state index < -0.39 is 26.6 Å². The van der Waals surface area contributed by atoms with Crippen molar-refractivity contribution in [1.82, 2.24) is 0 Å². The molecule has 0 N–H and O–H groups in total. The zero-order valence-corrected chi connectivity index (χ0v) is 13.5. The molecular formula is C17H14F3O3S. The molecule has 0 saturated heterocycles. The summed E-state index contributed by atoms with van der Waals surface area (Å²) in [4.78, 5) is 0. The molecule has 0 bridgehead atoms. The molecule has 0 aromatic heterocycles. The molecule has 0 fully saturated rings. The molecule has 2 aromatic rings. The van der Waals surface area contributed by atoms with Gasteiger partial charge < -0.3 is 0 Å². The zero-order valence-electron chi connectivity index (χ0n) is 12.7. The summed E-state index contributed by atoms with van der Waals surface area (Å²) in [7, 11) is -5.66.